The lowest BCUT2D eigenvalue weighted by molar-refractivity contribution is -0.142. The van der Waals surface area contributed by atoms with Crippen LogP contribution in [0.3, 0.4) is 0 Å². The van der Waals surface area contributed by atoms with Crippen molar-refractivity contribution in [2.75, 3.05) is 12.3 Å². The van der Waals surface area contributed by atoms with Crippen LogP contribution in [0.15, 0.2) is 0 Å². The summed E-state index contributed by atoms with van der Waals surface area (Å²) in [4.78, 5) is 11.1. The lowest BCUT2D eigenvalue weighted by atomic mass is 9.91. The summed E-state index contributed by atoms with van der Waals surface area (Å²) in [5.41, 5.74) is 0. The van der Waals surface area contributed by atoms with E-state index in [1.54, 1.807) is 6.92 Å². The zero-order valence-corrected chi connectivity index (χ0v) is 12.2. The zero-order chi connectivity index (χ0) is 14.0. The zero-order valence-electron chi connectivity index (χ0n) is 11.4. The highest BCUT2D eigenvalue weighted by Gasteiger charge is 2.42. The molecule has 6 heteroatoms. The van der Waals surface area contributed by atoms with Gasteiger partial charge in [-0.15, -0.1) is 0 Å². The fourth-order valence-electron chi connectivity index (χ4n) is 3.38. The first-order valence-corrected chi connectivity index (χ1v) is 8.75. The Balaban J connectivity index is 2.01. The first-order valence-electron chi connectivity index (χ1n) is 7.14. The number of sulfonamides is 1. The van der Waals surface area contributed by atoms with Crippen LogP contribution in [-0.2, 0) is 14.8 Å². The molecule has 0 radical (unpaired) electrons. The van der Waals surface area contributed by atoms with E-state index in [0.29, 0.717) is 13.0 Å². The summed E-state index contributed by atoms with van der Waals surface area (Å²) in [6.07, 6.45) is 5.85. The Bertz CT molecular complexity index is 428. The van der Waals surface area contributed by atoms with Crippen molar-refractivity contribution in [1.82, 2.24) is 4.31 Å². The van der Waals surface area contributed by atoms with Gasteiger partial charge in [-0.1, -0.05) is 19.3 Å². The maximum Gasteiger partial charge on any atom is 0.308 e. The molecule has 5 nitrogen and oxygen atoms in total. The lowest BCUT2D eigenvalue weighted by Gasteiger charge is -2.27. The van der Waals surface area contributed by atoms with Crippen LogP contribution in [0.2, 0.25) is 0 Å². The fraction of sp³-hybridized carbons (Fsp3) is 0.923. The number of aliphatic carboxylic acids is 1. The van der Waals surface area contributed by atoms with E-state index >= 15 is 0 Å². The van der Waals surface area contributed by atoms with Crippen LogP contribution in [0.25, 0.3) is 0 Å². The van der Waals surface area contributed by atoms with E-state index in [1.807, 2.05) is 0 Å². The predicted molar refractivity (Wildman–Crippen MR) is 72.3 cm³/mol. The fourth-order valence-corrected chi connectivity index (χ4v) is 5.54. The molecular weight excluding hydrogens is 266 g/mol. The molecule has 110 valence electrons. The monoisotopic (exact) mass is 289 g/mol. The topological polar surface area (TPSA) is 74.7 Å². The molecule has 2 rings (SSSR count). The number of carboxylic acids is 1. The molecule has 0 aromatic carbocycles. The van der Waals surface area contributed by atoms with Crippen LogP contribution < -0.4 is 0 Å². The van der Waals surface area contributed by atoms with Crippen molar-refractivity contribution < 1.29 is 18.3 Å². The van der Waals surface area contributed by atoms with Crippen molar-refractivity contribution in [3.8, 4) is 0 Å². The molecule has 2 atom stereocenters. The number of rotatable bonds is 4. The van der Waals surface area contributed by atoms with Gasteiger partial charge in [0.05, 0.1) is 11.7 Å². The molecule has 1 aliphatic heterocycles. The second kappa shape index (κ2) is 5.79. The first-order chi connectivity index (χ1) is 8.92. The second-order valence-corrected chi connectivity index (χ2v) is 7.83. The average molecular weight is 289 g/mol. The van der Waals surface area contributed by atoms with Crippen LogP contribution in [0.4, 0.5) is 0 Å². The van der Waals surface area contributed by atoms with Crippen LogP contribution in [0.5, 0.6) is 0 Å². The summed E-state index contributed by atoms with van der Waals surface area (Å²) in [5, 5.41) is 9.07. The van der Waals surface area contributed by atoms with E-state index in [-0.39, 0.29) is 11.7 Å². The minimum Gasteiger partial charge on any atom is -0.481 e. The smallest absolute Gasteiger partial charge is 0.308 e. The molecule has 1 aliphatic carbocycles. The summed E-state index contributed by atoms with van der Waals surface area (Å²) in [6, 6.07) is -0.411. The number of carboxylic acid groups (broad SMARTS) is 1. The van der Waals surface area contributed by atoms with E-state index in [9.17, 15) is 13.2 Å². The lowest BCUT2D eigenvalue weighted by Crippen LogP contribution is -2.40. The summed E-state index contributed by atoms with van der Waals surface area (Å²) in [6.45, 7) is 2.07. The molecule has 2 unspecified atom stereocenters. The number of nitrogens with zero attached hydrogens (tertiary/aromatic N) is 1. The first kappa shape index (κ1) is 14.8. The molecular formula is C13H23NO4S. The number of hydrogen-bond donors (Lipinski definition) is 1. The molecule has 0 aromatic rings. The van der Waals surface area contributed by atoms with Gasteiger partial charge in [0, 0.05) is 12.6 Å². The van der Waals surface area contributed by atoms with Crippen molar-refractivity contribution in [3.05, 3.63) is 0 Å². The highest BCUT2D eigenvalue weighted by Crippen LogP contribution is 2.31. The molecule has 0 bridgehead atoms. The summed E-state index contributed by atoms with van der Waals surface area (Å²) >= 11 is 0. The molecule has 0 amide bonds. The van der Waals surface area contributed by atoms with Crippen molar-refractivity contribution in [2.24, 2.45) is 11.8 Å². The second-order valence-electron chi connectivity index (χ2n) is 5.87. The molecule has 0 spiro atoms. The predicted octanol–water partition coefficient (Wildman–Crippen LogP) is 1.69. The van der Waals surface area contributed by atoms with Gasteiger partial charge in [0.2, 0.25) is 10.0 Å². The SMILES string of the molecule is CC1C(C(=O)O)CCN1S(=O)(=O)CC1CCCCC1. The minimum absolute atomic E-state index is 0.198. The Morgan fingerprint density at radius 2 is 1.84 bits per heavy atom. The van der Waals surface area contributed by atoms with Gasteiger partial charge in [0.15, 0.2) is 0 Å². The van der Waals surface area contributed by atoms with Crippen molar-refractivity contribution in [1.29, 1.82) is 0 Å². The Hall–Kier alpha value is -0.620. The highest BCUT2D eigenvalue weighted by molar-refractivity contribution is 7.89. The van der Waals surface area contributed by atoms with Gasteiger partial charge in [-0.2, -0.15) is 4.31 Å². The third-order valence-electron chi connectivity index (χ3n) is 4.54. The van der Waals surface area contributed by atoms with Gasteiger partial charge in [-0.3, -0.25) is 4.79 Å². The van der Waals surface area contributed by atoms with E-state index in [0.717, 1.165) is 25.7 Å². The van der Waals surface area contributed by atoms with Crippen molar-refractivity contribution >= 4 is 16.0 Å². The summed E-state index contributed by atoms with van der Waals surface area (Å²) in [5.74, 6) is -0.984. The highest BCUT2D eigenvalue weighted by atomic mass is 32.2. The molecule has 19 heavy (non-hydrogen) atoms. The number of carbonyl (C=O) groups is 1. The van der Waals surface area contributed by atoms with Gasteiger partial charge >= 0.3 is 5.97 Å². The van der Waals surface area contributed by atoms with E-state index < -0.39 is 28.0 Å². The molecule has 1 heterocycles. The van der Waals surface area contributed by atoms with Crippen molar-refractivity contribution in [2.45, 2.75) is 51.5 Å². The maximum absolute atomic E-state index is 12.4. The van der Waals surface area contributed by atoms with E-state index in [4.69, 9.17) is 5.11 Å². The van der Waals surface area contributed by atoms with Gasteiger partial charge in [0.25, 0.3) is 0 Å². The van der Waals surface area contributed by atoms with Gasteiger partial charge < -0.3 is 5.11 Å². The van der Waals surface area contributed by atoms with E-state index in [1.165, 1.54) is 10.7 Å². The molecule has 2 aliphatic rings. The van der Waals surface area contributed by atoms with Gasteiger partial charge in [0.1, 0.15) is 0 Å². The maximum atomic E-state index is 12.4. The molecule has 1 saturated heterocycles. The van der Waals surface area contributed by atoms with Gasteiger partial charge in [-0.05, 0) is 32.1 Å². The van der Waals surface area contributed by atoms with Crippen LogP contribution >= 0.6 is 0 Å². The molecule has 1 saturated carbocycles. The quantitative estimate of drug-likeness (QED) is 0.854. The molecule has 2 fully saturated rings. The largest absolute Gasteiger partial charge is 0.481 e. The normalized spacial score (nSPS) is 30.6. The van der Waals surface area contributed by atoms with Crippen LogP contribution in [0.1, 0.15) is 45.4 Å². The number of hydrogen-bond acceptors (Lipinski definition) is 3. The molecule has 1 N–H and O–H groups in total. The Labute approximate surface area is 115 Å². The van der Waals surface area contributed by atoms with Crippen molar-refractivity contribution in [3.63, 3.8) is 0 Å². The Kier molecular flexibility index (Phi) is 4.50. The summed E-state index contributed by atoms with van der Waals surface area (Å²) in [7, 11) is -3.31. The van der Waals surface area contributed by atoms with Gasteiger partial charge in [-0.25, -0.2) is 8.42 Å². The Morgan fingerprint density at radius 3 is 2.37 bits per heavy atom. The third-order valence-corrected chi connectivity index (χ3v) is 6.66. The van der Waals surface area contributed by atoms with E-state index in [2.05, 4.69) is 0 Å². The minimum atomic E-state index is -3.31. The average Bonchev–Trinajstić information content (AvgIpc) is 2.72. The third kappa shape index (κ3) is 3.28. The summed E-state index contributed by atoms with van der Waals surface area (Å²) < 4.78 is 26.2. The molecule has 0 aromatic heterocycles. The van der Waals surface area contributed by atoms with Crippen LogP contribution in [-0.4, -0.2) is 42.1 Å². The van der Waals surface area contributed by atoms with Crippen LogP contribution in [0, 0.1) is 11.8 Å². The Morgan fingerprint density at radius 1 is 1.21 bits per heavy atom. The standard InChI is InChI=1S/C13H23NO4S/c1-10-12(13(15)16)7-8-14(10)19(17,18)9-11-5-3-2-4-6-11/h10-12H,2-9H2,1H3,(H,15,16).